The van der Waals surface area contributed by atoms with E-state index in [9.17, 15) is 9.59 Å². The zero-order chi connectivity index (χ0) is 26.1. The molecule has 0 spiro atoms. The number of aromatic nitrogens is 1. The molecular weight excluding hydrogens is 486 g/mol. The molecule has 2 amide bonds. The zero-order valence-corrected chi connectivity index (χ0v) is 20.2. The van der Waals surface area contributed by atoms with Crippen LogP contribution in [0.5, 0.6) is 0 Å². The number of anilines is 2. The summed E-state index contributed by atoms with van der Waals surface area (Å²) in [5.41, 5.74) is 2.96. The molecule has 2 aromatic carbocycles. The molecule has 1 aliphatic rings. The highest BCUT2D eigenvalue weighted by Crippen LogP contribution is 2.30. The summed E-state index contributed by atoms with van der Waals surface area (Å²) in [5, 5.41) is 9.94. The van der Waals surface area contributed by atoms with Crippen molar-refractivity contribution in [2.24, 2.45) is 5.92 Å². The number of halogens is 1. The van der Waals surface area contributed by atoms with Crippen LogP contribution in [0.2, 0.25) is 5.02 Å². The fraction of sp³-hybridized carbons (Fsp3) is 0.231. The van der Waals surface area contributed by atoms with E-state index in [1.165, 1.54) is 0 Å². The summed E-state index contributed by atoms with van der Waals surface area (Å²) >= 11 is 6.17. The molecule has 0 aliphatic heterocycles. The predicted molar refractivity (Wildman–Crippen MR) is 130 cm³/mol. The highest BCUT2D eigenvalue weighted by molar-refractivity contribution is 6.31. The number of aryl methyl sites for hydroxylation is 1. The number of amides is 2. The van der Waals surface area contributed by atoms with Gasteiger partial charge in [0.25, 0.3) is 0 Å². The van der Waals surface area contributed by atoms with Crippen molar-refractivity contribution in [3.63, 3.8) is 0 Å². The summed E-state index contributed by atoms with van der Waals surface area (Å²) in [4.78, 5) is 40.5. The van der Waals surface area contributed by atoms with Crippen LogP contribution in [0.15, 0.2) is 53.1 Å². The number of nitrogens with one attached hydrogen (secondary N) is 2. The molecule has 1 aromatic heterocycles. The fourth-order valence-corrected chi connectivity index (χ4v) is 3.41. The third-order valence-corrected chi connectivity index (χ3v) is 5.48. The first-order valence-corrected chi connectivity index (χ1v) is 11.3. The summed E-state index contributed by atoms with van der Waals surface area (Å²) in [7, 11) is 0. The maximum absolute atomic E-state index is 12.4. The van der Waals surface area contributed by atoms with Gasteiger partial charge < -0.3 is 14.6 Å². The normalized spacial score (nSPS) is 12.5. The minimum Gasteiger partial charge on any atom is -0.441 e. The van der Waals surface area contributed by atoms with E-state index in [0.29, 0.717) is 27.5 Å². The average molecular weight is 508 g/mol. The van der Waals surface area contributed by atoms with Crippen molar-refractivity contribution in [3.8, 4) is 11.8 Å². The second kappa shape index (κ2) is 12.4. The zero-order valence-electron chi connectivity index (χ0n) is 19.5. The lowest BCUT2D eigenvalue weighted by Gasteiger charge is -2.15. The molecule has 1 fully saturated rings. The highest BCUT2D eigenvalue weighted by Gasteiger charge is 2.29. The number of benzene rings is 2. The quantitative estimate of drug-likeness (QED) is 0.459. The van der Waals surface area contributed by atoms with E-state index < -0.39 is 12.2 Å². The maximum Gasteiger partial charge on any atom is 0.412 e. The Labute approximate surface area is 212 Å². The molecule has 0 saturated heterocycles. The van der Waals surface area contributed by atoms with Crippen molar-refractivity contribution in [3.05, 3.63) is 76.1 Å². The molecule has 1 unspecified atom stereocenters. The third-order valence-electron chi connectivity index (χ3n) is 5.14. The third kappa shape index (κ3) is 7.31. The Bertz CT molecular complexity index is 1330. The van der Waals surface area contributed by atoms with Crippen LogP contribution in [-0.2, 0) is 19.1 Å². The Balaban J connectivity index is 0.00000115. The molecule has 184 valence electrons. The minimum absolute atomic E-state index is 0.0532. The molecule has 9 nitrogen and oxygen atoms in total. The number of rotatable bonds is 5. The number of ether oxygens (including phenoxy) is 1. The van der Waals surface area contributed by atoms with Crippen molar-refractivity contribution in [2.75, 3.05) is 10.6 Å². The van der Waals surface area contributed by atoms with Crippen molar-refractivity contribution in [1.82, 2.24) is 5.16 Å². The van der Waals surface area contributed by atoms with Crippen LogP contribution in [0.4, 0.5) is 16.2 Å². The van der Waals surface area contributed by atoms with Gasteiger partial charge in [-0.15, -0.1) is 0 Å². The standard InChI is InChI=1S/C25H22ClN3O4.CO2/c1-15-23(28-25(31)32-16(2)20-5-3-4-6-21(20)26)22(33-29-15)14-9-17-7-12-19(13-8-17)27-24(30)18-10-11-18;2-1-3/h3-8,12-13,16,18H,10-11H2,1-2H3,(H,27,30)(H,28,31);. The molecule has 4 rings (SSSR count). The number of carbonyl (C=O) groups excluding carboxylic acids is 4. The van der Waals surface area contributed by atoms with E-state index in [1.54, 1.807) is 50.2 Å². The van der Waals surface area contributed by atoms with Gasteiger partial charge in [0.15, 0.2) is 0 Å². The van der Waals surface area contributed by atoms with E-state index in [0.717, 1.165) is 18.5 Å². The summed E-state index contributed by atoms with van der Waals surface area (Å²) in [6, 6.07) is 14.3. The SMILES string of the molecule is Cc1noc(C#Cc2ccc(NC(=O)C3CC3)cc2)c1NC(=O)OC(C)c1ccccc1Cl.O=C=O. The second-order valence-corrected chi connectivity index (χ2v) is 8.25. The molecule has 1 aliphatic carbocycles. The lowest BCUT2D eigenvalue weighted by atomic mass is 10.1. The van der Waals surface area contributed by atoms with Crippen molar-refractivity contribution < 1.29 is 28.4 Å². The monoisotopic (exact) mass is 507 g/mol. The number of nitrogens with zero attached hydrogens (tertiary/aromatic N) is 1. The molecule has 36 heavy (non-hydrogen) atoms. The molecule has 3 aromatic rings. The van der Waals surface area contributed by atoms with Gasteiger partial charge in [-0.1, -0.05) is 40.9 Å². The van der Waals surface area contributed by atoms with Gasteiger partial charge in [0, 0.05) is 27.8 Å². The van der Waals surface area contributed by atoms with Gasteiger partial charge in [-0.25, -0.2) is 4.79 Å². The molecular formula is C26H22ClN3O6. The van der Waals surface area contributed by atoms with Gasteiger partial charge in [0.2, 0.25) is 11.7 Å². The van der Waals surface area contributed by atoms with Crippen molar-refractivity contribution in [1.29, 1.82) is 0 Å². The Kier molecular flexibility index (Phi) is 9.01. The Hall–Kier alpha value is -4.38. The average Bonchev–Trinajstić information content (AvgIpc) is 3.65. The minimum atomic E-state index is -0.674. The van der Waals surface area contributed by atoms with Gasteiger partial charge in [-0.05, 0) is 62.9 Å². The van der Waals surface area contributed by atoms with Crippen LogP contribution in [0.25, 0.3) is 0 Å². The first-order valence-electron chi connectivity index (χ1n) is 10.9. The predicted octanol–water partition coefficient (Wildman–Crippen LogP) is 5.11. The van der Waals surface area contributed by atoms with E-state index >= 15 is 0 Å². The van der Waals surface area contributed by atoms with Gasteiger partial charge >= 0.3 is 12.2 Å². The van der Waals surface area contributed by atoms with Gasteiger partial charge in [-0.3, -0.25) is 10.1 Å². The maximum atomic E-state index is 12.4. The van der Waals surface area contributed by atoms with Gasteiger partial charge in [-0.2, -0.15) is 9.59 Å². The van der Waals surface area contributed by atoms with Crippen LogP contribution >= 0.6 is 11.6 Å². The molecule has 1 saturated carbocycles. The van der Waals surface area contributed by atoms with Crippen LogP contribution in [0.3, 0.4) is 0 Å². The van der Waals surface area contributed by atoms with E-state index in [4.69, 9.17) is 30.4 Å². The van der Waals surface area contributed by atoms with E-state index in [2.05, 4.69) is 27.6 Å². The lowest BCUT2D eigenvalue weighted by Crippen LogP contribution is -2.17. The summed E-state index contributed by atoms with van der Waals surface area (Å²) in [6.45, 7) is 3.43. The molecule has 0 radical (unpaired) electrons. The highest BCUT2D eigenvalue weighted by atomic mass is 35.5. The molecule has 10 heteroatoms. The molecule has 0 bridgehead atoms. The fourth-order valence-electron chi connectivity index (χ4n) is 3.12. The number of hydrogen-bond donors (Lipinski definition) is 2. The lowest BCUT2D eigenvalue weighted by molar-refractivity contribution is -0.191. The smallest absolute Gasteiger partial charge is 0.412 e. The van der Waals surface area contributed by atoms with Crippen molar-refractivity contribution >= 4 is 41.1 Å². The Morgan fingerprint density at radius 1 is 1.08 bits per heavy atom. The van der Waals surface area contributed by atoms with Crippen LogP contribution < -0.4 is 10.6 Å². The van der Waals surface area contributed by atoms with Crippen molar-refractivity contribution in [2.45, 2.75) is 32.8 Å². The molecule has 2 N–H and O–H groups in total. The van der Waals surface area contributed by atoms with E-state index in [-0.39, 0.29) is 23.7 Å². The molecule has 1 heterocycles. The summed E-state index contributed by atoms with van der Waals surface area (Å²) < 4.78 is 10.7. The first-order chi connectivity index (χ1) is 17.3. The van der Waals surface area contributed by atoms with Gasteiger partial charge in [0.05, 0.1) is 0 Å². The summed E-state index contributed by atoms with van der Waals surface area (Å²) in [6.07, 6.45) is 0.934. The Morgan fingerprint density at radius 3 is 2.39 bits per heavy atom. The number of carbonyl (C=O) groups is 2. The summed E-state index contributed by atoms with van der Waals surface area (Å²) in [5.74, 6) is 6.26. The van der Waals surface area contributed by atoms with Crippen LogP contribution in [0.1, 0.15) is 48.5 Å². The number of hydrogen-bond acceptors (Lipinski definition) is 7. The topological polar surface area (TPSA) is 128 Å². The van der Waals surface area contributed by atoms with Crippen LogP contribution in [0, 0.1) is 24.7 Å². The van der Waals surface area contributed by atoms with Gasteiger partial charge in [0.1, 0.15) is 17.5 Å². The van der Waals surface area contributed by atoms with E-state index in [1.807, 2.05) is 12.1 Å². The Morgan fingerprint density at radius 2 is 1.75 bits per heavy atom. The largest absolute Gasteiger partial charge is 0.441 e. The first kappa shape index (κ1) is 26.2. The van der Waals surface area contributed by atoms with Crippen LogP contribution in [-0.4, -0.2) is 23.3 Å². The molecule has 1 atom stereocenters. The second-order valence-electron chi connectivity index (χ2n) is 7.84.